The predicted molar refractivity (Wildman–Crippen MR) is 136 cm³/mol. The van der Waals surface area contributed by atoms with Crippen molar-refractivity contribution in [3.8, 4) is 11.3 Å². The zero-order valence-corrected chi connectivity index (χ0v) is 19.5. The van der Waals surface area contributed by atoms with E-state index in [9.17, 15) is 14.7 Å². The number of carboxylic acids is 1. The second kappa shape index (κ2) is 9.19. The maximum Gasteiger partial charge on any atom is 0.335 e. The molecular weight excluding hydrogens is 464 g/mol. The van der Waals surface area contributed by atoms with Gasteiger partial charge in [-0.1, -0.05) is 49.4 Å². The molecule has 1 atom stereocenters. The van der Waals surface area contributed by atoms with Gasteiger partial charge in [0, 0.05) is 11.5 Å². The molecule has 2 aliphatic heterocycles. The summed E-state index contributed by atoms with van der Waals surface area (Å²) in [6, 6.07) is 19.7. The Bertz CT molecular complexity index is 1440. The van der Waals surface area contributed by atoms with Crippen molar-refractivity contribution >= 4 is 45.8 Å². The van der Waals surface area contributed by atoms with E-state index in [2.05, 4.69) is 17.0 Å². The van der Waals surface area contributed by atoms with E-state index in [0.717, 1.165) is 17.0 Å². The number of amidine groups is 2. The molecule has 5 rings (SSSR count). The van der Waals surface area contributed by atoms with E-state index in [1.54, 1.807) is 24.3 Å². The quantitative estimate of drug-likeness (QED) is 0.449. The van der Waals surface area contributed by atoms with Crippen molar-refractivity contribution in [1.82, 2.24) is 5.01 Å². The molecule has 1 aromatic heterocycles. The van der Waals surface area contributed by atoms with E-state index >= 15 is 0 Å². The Morgan fingerprint density at radius 1 is 1.17 bits per heavy atom. The maximum atomic E-state index is 12.8. The number of hydrogen-bond donors (Lipinski definition) is 2. The molecule has 8 nitrogen and oxygen atoms in total. The molecule has 0 saturated heterocycles. The molecule has 0 aliphatic carbocycles. The fourth-order valence-corrected chi connectivity index (χ4v) is 5.02. The van der Waals surface area contributed by atoms with Crippen LogP contribution in [0, 0.1) is 5.41 Å². The topological polar surface area (TPSA) is 119 Å². The van der Waals surface area contributed by atoms with Gasteiger partial charge in [0.2, 0.25) is 5.17 Å². The molecule has 3 heterocycles. The third kappa shape index (κ3) is 4.33. The molecule has 2 aromatic carbocycles. The summed E-state index contributed by atoms with van der Waals surface area (Å²) in [6.45, 7) is 2.07. The number of nitrogens with zero attached hydrogens (tertiary/aromatic N) is 3. The average Bonchev–Trinajstić information content (AvgIpc) is 3.50. The van der Waals surface area contributed by atoms with Crippen molar-refractivity contribution in [1.29, 1.82) is 5.41 Å². The van der Waals surface area contributed by atoms with Gasteiger partial charge in [-0.3, -0.25) is 10.2 Å². The third-order valence-corrected chi connectivity index (χ3v) is 6.71. The van der Waals surface area contributed by atoms with E-state index in [0.29, 0.717) is 22.3 Å². The van der Waals surface area contributed by atoms with Crippen molar-refractivity contribution in [2.45, 2.75) is 19.3 Å². The molecule has 174 valence electrons. The first-order valence-electron chi connectivity index (χ1n) is 10.9. The Balaban J connectivity index is 1.42. The van der Waals surface area contributed by atoms with E-state index in [1.165, 1.54) is 35.0 Å². The molecule has 0 unspecified atom stereocenters. The fraction of sp³-hybridized carbons (Fsp3) is 0.115. The number of carbonyl (C=O) groups is 2. The molecule has 1 amide bonds. The number of furan rings is 1. The number of thioether (sulfide) groups is 1. The number of rotatable bonds is 6. The van der Waals surface area contributed by atoms with Crippen LogP contribution in [-0.4, -0.2) is 38.0 Å². The first-order chi connectivity index (χ1) is 16.9. The van der Waals surface area contributed by atoms with Gasteiger partial charge in [-0.2, -0.15) is 15.1 Å². The van der Waals surface area contributed by atoms with E-state index in [4.69, 9.17) is 9.83 Å². The summed E-state index contributed by atoms with van der Waals surface area (Å²) in [5.41, 5.74) is 1.92. The summed E-state index contributed by atoms with van der Waals surface area (Å²) >= 11 is 1.31. The summed E-state index contributed by atoms with van der Waals surface area (Å²) in [4.78, 5) is 28.2. The Morgan fingerprint density at radius 2 is 1.97 bits per heavy atom. The van der Waals surface area contributed by atoms with Crippen LogP contribution in [0.4, 0.5) is 0 Å². The van der Waals surface area contributed by atoms with Gasteiger partial charge in [0.25, 0.3) is 5.91 Å². The molecule has 0 fully saturated rings. The molecule has 2 N–H and O–H groups in total. The Morgan fingerprint density at radius 3 is 2.71 bits per heavy atom. The zero-order chi connectivity index (χ0) is 24.5. The summed E-state index contributed by atoms with van der Waals surface area (Å²) in [5.74, 6) is -0.806. The standard InChI is InChI=1S/C26H20N4O4S/c1-2-19(15-7-4-3-5-8-15)24-29-30-22(27)20(23(31)28-26(30)35-24)14-18-11-12-21(34-18)16-9-6-10-17(13-16)25(32)33/h3-14,19,27H,2H2,1H3,(H,32,33)/b20-14+,27-22?/t19-/m1/s1. The summed E-state index contributed by atoms with van der Waals surface area (Å²) < 4.78 is 5.82. The van der Waals surface area contributed by atoms with Crippen molar-refractivity contribution in [2.75, 3.05) is 0 Å². The molecular formula is C26H20N4O4S. The van der Waals surface area contributed by atoms with Gasteiger partial charge in [0.15, 0.2) is 5.84 Å². The largest absolute Gasteiger partial charge is 0.478 e. The number of nitrogens with one attached hydrogen (secondary N) is 1. The van der Waals surface area contributed by atoms with Crippen LogP contribution in [0.5, 0.6) is 0 Å². The molecule has 0 radical (unpaired) electrons. The van der Waals surface area contributed by atoms with Crippen LogP contribution in [0.1, 0.15) is 40.9 Å². The first kappa shape index (κ1) is 22.5. The number of fused-ring (bicyclic) bond motifs is 1. The average molecular weight is 485 g/mol. The van der Waals surface area contributed by atoms with Crippen molar-refractivity contribution in [3.05, 3.63) is 89.2 Å². The summed E-state index contributed by atoms with van der Waals surface area (Å²) in [7, 11) is 0. The second-order valence-electron chi connectivity index (χ2n) is 7.92. The van der Waals surface area contributed by atoms with Crippen LogP contribution < -0.4 is 0 Å². The lowest BCUT2D eigenvalue weighted by Crippen LogP contribution is -2.35. The SMILES string of the molecule is CC[C@@H](C1=NN2C(=N)/C(=C\c3ccc(-c4cccc(C(=O)O)c4)o3)C(=O)N=C2S1)c1ccccc1. The van der Waals surface area contributed by atoms with E-state index in [1.807, 2.05) is 30.3 Å². The van der Waals surface area contributed by atoms with Crippen molar-refractivity contribution < 1.29 is 19.1 Å². The van der Waals surface area contributed by atoms with Crippen LogP contribution >= 0.6 is 11.8 Å². The first-order valence-corrected chi connectivity index (χ1v) is 11.7. The number of hydrazone groups is 1. The highest BCUT2D eigenvalue weighted by Gasteiger charge is 2.37. The molecule has 0 spiro atoms. The highest BCUT2D eigenvalue weighted by atomic mass is 32.2. The fourth-order valence-electron chi connectivity index (χ4n) is 3.92. The molecule has 9 heteroatoms. The minimum absolute atomic E-state index is 0.0408. The lowest BCUT2D eigenvalue weighted by Gasteiger charge is -2.19. The van der Waals surface area contributed by atoms with Crippen LogP contribution in [0.2, 0.25) is 0 Å². The number of carboxylic acid groups (broad SMARTS) is 1. The molecule has 2 aliphatic rings. The predicted octanol–water partition coefficient (Wildman–Crippen LogP) is 5.46. The van der Waals surface area contributed by atoms with Gasteiger partial charge in [-0.15, -0.1) is 0 Å². The molecule has 3 aromatic rings. The van der Waals surface area contributed by atoms with Crippen LogP contribution in [0.25, 0.3) is 17.4 Å². The zero-order valence-electron chi connectivity index (χ0n) is 18.6. The highest BCUT2D eigenvalue weighted by molar-refractivity contribution is 8.27. The number of carbonyl (C=O) groups excluding carboxylic acids is 1. The number of aromatic carboxylic acids is 1. The van der Waals surface area contributed by atoms with E-state index < -0.39 is 11.9 Å². The molecule has 0 bridgehead atoms. The van der Waals surface area contributed by atoms with Crippen LogP contribution in [0.15, 0.2) is 86.8 Å². The summed E-state index contributed by atoms with van der Waals surface area (Å²) in [6.07, 6.45) is 2.28. The van der Waals surface area contributed by atoms with Crippen molar-refractivity contribution in [2.24, 2.45) is 10.1 Å². The maximum absolute atomic E-state index is 12.8. The van der Waals surface area contributed by atoms with Gasteiger partial charge in [0.05, 0.1) is 11.1 Å². The van der Waals surface area contributed by atoms with Gasteiger partial charge in [-0.05, 0) is 54.1 Å². The normalized spacial score (nSPS) is 17.3. The minimum atomic E-state index is -1.03. The highest BCUT2D eigenvalue weighted by Crippen LogP contribution is 2.36. The molecule has 0 saturated carbocycles. The van der Waals surface area contributed by atoms with Gasteiger partial charge < -0.3 is 9.52 Å². The lowest BCUT2D eigenvalue weighted by molar-refractivity contribution is -0.114. The Labute approximate surface area is 205 Å². The lowest BCUT2D eigenvalue weighted by atomic mass is 9.98. The number of aliphatic imine (C=N–C) groups is 1. The number of hydrogen-bond acceptors (Lipinski definition) is 6. The minimum Gasteiger partial charge on any atom is -0.478 e. The van der Waals surface area contributed by atoms with Gasteiger partial charge in [0.1, 0.15) is 16.6 Å². The Hall–Kier alpha value is -4.24. The summed E-state index contributed by atoms with van der Waals surface area (Å²) in [5, 5.41) is 25.0. The molecule has 35 heavy (non-hydrogen) atoms. The Kier molecular flexibility index (Phi) is 5.92. The second-order valence-corrected chi connectivity index (χ2v) is 8.91. The number of amides is 1. The number of benzene rings is 2. The third-order valence-electron chi connectivity index (χ3n) is 5.69. The van der Waals surface area contributed by atoms with Gasteiger partial charge in [-0.25, -0.2) is 4.79 Å². The van der Waals surface area contributed by atoms with Crippen molar-refractivity contribution in [3.63, 3.8) is 0 Å². The van der Waals surface area contributed by atoms with Crippen LogP contribution in [0.3, 0.4) is 0 Å². The van der Waals surface area contributed by atoms with E-state index in [-0.39, 0.29) is 22.9 Å². The smallest absolute Gasteiger partial charge is 0.335 e. The van der Waals surface area contributed by atoms with Crippen LogP contribution in [-0.2, 0) is 4.79 Å². The monoisotopic (exact) mass is 484 g/mol. The van der Waals surface area contributed by atoms with Gasteiger partial charge >= 0.3 is 5.97 Å².